The van der Waals surface area contributed by atoms with Crippen LogP contribution in [0, 0.1) is 6.92 Å². The predicted octanol–water partition coefficient (Wildman–Crippen LogP) is -0.182. The van der Waals surface area contributed by atoms with Gasteiger partial charge in [0, 0.05) is 32.2 Å². The Balaban J connectivity index is 0.00000289. The van der Waals surface area contributed by atoms with E-state index in [0.29, 0.717) is 10.7 Å². The molecule has 4 rings (SSSR count). The number of rotatable bonds is 8. The zero-order valence-electron chi connectivity index (χ0n) is 19.0. The average molecular weight is 482 g/mol. The van der Waals surface area contributed by atoms with E-state index in [1.165, 1.54) is 30.4 Å². The minimum absolute atomic E-state index is 0. The topological polar surface area (TPSA) is 84.2 Å². The van der Waals surface area contributed by atoms with Crippen molar-refractivity contribution in [3.05, 3.63) is 35.7 Å². The fourth-order valence-electron chi connectivity index (χ4n) is 4.96. The van der Waals surface area contributed by atoms with Crippen LogP contribution in [0.2, 0.25) is 0 Å². The molecule has 1 aliphatic heterocycles. The van der Waals surface area contributed by atoms with Crippen molar-refractivity contribution in [3.63, 3.8) is 0 Å². The van der Waals surface area contributed by atoms with E-state index in [0.717, 1.165) is 50.6 Å². The van der Waals surface area contributed by atoms with Gasteiger partial charge in [0.2, 0.25) is 0 Å². The Bertz CT molecular complexity index is 951. The Hall–Kier alpha value is -1.55. The van der Waals surface area contributed by atoms with E-state index < -0.39 is 9.84 Å². The van der Waals surface area contributed by atoms with Crippen LogP contribution in [0.15, 0.2) is 29.2 Å². The Morgan fingerprint density at radius 3 is 2.34 bits per heavy atom. The molecule has 1 unspecified atom stereocenters. The normalized spacial score (nSPS) is 19.7. The molecule has 10 heteroatoms. The minimum atomic E-state index is -3.53. The second-order valence-corrected chi connectivity index (χ2v) is 10.9. The summed E-state index contributed by atoms with van der Waals surface area (Å²) in [4.78, 5) is 5.38. The maximum absolute atomic E-state index is 13.0. The van der Waals surface area contributed by atoms with Crippen LogP contribution in [0.1, 0.15) is 62.9 Å². The van der Waals surface area contributed by atoms with Crippen LogP contribution in [0.5, 0.6) is 0 Å². The van der Waals surface area contributed by atoms with Gasteiger partial charge in [0.1, 0.15) is 0 Å². The number of benzene rings is 1. The summed E-state index contributed by atoms with van der Waals surface area (Å²) in [5.41, 5.74) is 1.03. The number of aromatic nitrogens is 4. The Labute approximate surface area is 197 Å². The molecule has 0 N–H and O–H groups in total. The molecular formula is C22H34ClN6O2S-. The van der Waals surface area contributed by atoms with Crippen molar-refractivity contribution in [2.45, 2.75) is 75.2 Å². The van der Waals surface area contributed by atoms with Gasteiger partial charge < -0.3 is 12.4 Å². The minimum Gasteiger partial charge on any atom is -1.00 e. The molecule has 0 amide bonds. The van der Waals surface area contributed by atoms with Crippen molar-refractivity contribution in [2.24, 2.45) is 0 Å². The highest BCUT2D eigenvalue weighted by Crippen LogP contribution is 2.29. The van der Waals surface area contributed by atoms with Crippen LogP contribution in [0.3, 0.4) is 0 Å². The fourth-order valence-corrected chi connectivity index (χ4v) is 6.16. The van der Waals surface area contributed by atoms with E-state index in [2.05, 4.69) is 32.2 Å². The second kappa shape index (κ2) is 11.0. The molecule has 1 saturated heterocycles. The van der Waals surface area contributed by atoms with Crippen molar-refractivity contribution in [1.29, 1.82) is 0 Å². The summed E-state index contributed by atoms with van der Waals surface area (Å²) in [6.07, 6.45) is 7.27. The third-order valence-electron chi connectivity index (χ3n) is 6.72. The van der Waals surface area contributed by atoms with E-state index in [9.17, 15) is 8.42 Å². The molecule has 0 bridgehead atoms. The van der Waals surface area contributed by atoms with Crippen molar-refractivity contribution in [1.82, 2.24) is 30.0 Å². The van der Waals surface area contributed by atoms with Crippen molar-refractivity contribution in [3.8, 4) is 0 Å². The average Bonchev–Trinajstić information content (AvgIpc) is 3.45. The molecule has 2 aromatic rings. The van der Waals surface area contributed by atoms with Gasteiger partial charge in [-0.1, -0.05) is 43.9 Å². The first kappa shape index (κ1) is 25.1. The van der Waals surface area contributed by atoms with Gasteiger partial charge in [-0.25, -0.2) is 13.1 Å². The number of halogens is 1. The number of sulfone groups is 1. The highest BCUT2D eigenvalue weighted by Gasteiger charge is 2.32. The number of aryl methyl sites for hydroxylation is 1. The van der Waals surface area contributed by atoms with E-state index in [1.807, 2.05) is 19.1 Å². The first-order valence-electron chi connectivity index (χ1n) is 11.5. The molecule has 1 atom stereocenters. The third kappa shape index (κ3) is 5.68. The lowest BCUT2D eigenvalue weighted by atomic mass is 10.1. The third-order valence-corrected chi connectivity index (χ3v) is 8.30. The van der Waals surface area contributed by atoms with Crippen LogP contribution in [0.25, 0.3) is 0 Å². The van der Waals surface area contributed by atoms with E-state index >= 15 is 0 Å². The maximum atomic E-state index is 13.0. The van der Waals surface area contributed by atoms with E-state index in [4.69, 9.17) is 0 Å². The van der Waals surface area contributed by atoms with Gasteiger partial charge in [-0.05, 0) is 48.7 Å². The lowest BCUT2D eigenvalue weighted by Gasteiger charge is -2.41. The molecule has 2 fully saturated rings. The number of hydrogen-bond acceptors (Lipinski definition) is 7. The summed E-state index contributed by atoms with van der Waals surface area (Å²) < 4.78 is 27.4. The molecule has 1 aromatic carbocycles. The van der Waals surface area contributed by atoms with Crippen LogP contribution in [-0.4, -0.2) is 70.6 Å². The van der Waals surface area contributed by atoms with Gasteiger partial charge in [0.25, 0.3) is 0 Å². The summed E-state index contributed by atoms with van der Waals surface area (Å²) in [6, 6.07) is 7.73. The fraction of sp³-hybridized carbons (Fsp3) is 0.682. The molecule has 1 aromatic heterocycles. The molecule has 2 aliphatic rings. The highest BCUT2D eigenvalue weighted by molar-refractivity contribution is 7.90. The Morgan fingerprint density at radius 2 is 1.72 bits per heavy atom. The van der Waals surface area contributed by atoms with Crippen LogP contribution in [0.4, 0.5) is 0 Å². The first-order chi connectivity index (χ1) is 15.0. The first-order valence-corrected chi connectivity index (χ1v) is 13.2. The van der Waals surface area contributed by atoms with Gasteiger partial charge in [-0.15, -0.1) is 5.10 Å². The summed E-state index contributed by atoms with van der Waals surface area (Å²) in [7, 11) is -3.53. The number of nitrogens with zero attached hydrogens (tertiary/aromatic N) is 6. The standard InChI is InChI=1S/C22H34N6O2S.ClH/c1-3-6-21(27-15-13-26(14-16-27)19-7-4-5-8-19)22-23-24-25-28(22)17-31(29,30)20-11-9-18(2)10-12-20;/h9-12,19,21H,3-8,13-17H2,1-2H3;1H/p-1. The smallest absolute Gasteiger partial charge is 0.198 e. The molecular weight excluding hydrogens is 448 g/mol. The lowest BCUT2D eigenvalue weighted by Crippen LogP contribution is -3.00. The molecule has 1 saturated carbocycles. The van der Waals surface area contributed by atoms with Crippen molar-refractivity contribution in [2.75, 3.05) is 26.2 Å². The number of piperazine rings is 1. The monoisotopic (exact) mass is 481 g/mol. The summed E-state index contributed by atoms with van der Waals surface area (Å²) in [5, 5.41) is 12.2. The van der Waals surface area contributed by atoms with Gasteiger partial charge in [0.15, 0.2) is 21.5 Å². The molecule has 1 aliphatic carbocycles. The van der Waals surface area contributed by atoms with Gasteiger partial charge in [-0.3, -0.25) is 9.80 Å². The molecule has 8 nitrogen and oxygen atoms in total. The van der Waals surface area contributed by atoms with Gasteiger partial charge in [0.05, 0.1) is 10.9 Å². The summed E-state index contributed by atoms with van der Waals surface area (Å²) >= 11 is 0. The molecule has 32 heavy (non-hydrogen) atoms. The summed E-state index contributed by atoms with van der Waals surface area (Å²) in [5.74, 6) is 0.424. The van der Waals surface area contributed by atoms with Crippen molar-refractivity contribution < 1.29 is 20.8 Å². The van der Waals surface area contributed by atoms with E-state index in [1.54, 1.807) is 12.1 Å². The maximum Gasteiger partial charge on any atom is 0.198 e. The number of tetrazole rings is 1. The zero-order chi connectivity index (χ0) is 21.8. The van der Waals surface area contributed by atoms with Crippen LogP contribution in [-0.2, 0) is 15.7 Å². The predicted molar refractivity (Wildman–Crippen MR) is 119 cm³/mol. The second-order valence-electron chi connectivity index (χ2n) is 8.91. The molecule has 0 radical (unpaired) electrons. The van der Waals surface area contributed by atoms with Gasteiger partial charge >= 0.3 is 0 Å². The lowest BCUT2D eigenvalue weighted by molar-refractivity contribution is -0.00000922. The van der Waals surface area contributed by atoms with Crippen LogP contribution >= 0.6 is 0 Å². The quantitative estimate of drug-likeness (QED) is 0.517. The number of hydrogen-bond donors (Lipinski definition) is 0. The van der Waals surface area contributed by atoms with E-state index in [-0.39, 0.29) is 24.3 Å². The van der Waals surface area contributed by atoms with Crippen LogP contribution < -0.4 is 12.4 Å². The molecule has 178 valence electrons. The molecule has 0 spiro atoms. The van der Waals surface area contributed by atoms with Crippen molar-refractivity contribution >= 4 is 9.84 Å². The zero-order valence-corrected chi connectivity index (χ0v) is 20.6. The SMILES string of the molecule is CCCC(c1nnnn1CS(=O)(=O)c1ccc(C)cc1)N1CCN(C2CCCC2)CC1.[Cl-]. The Kier molecular flexibility index (Phi) is 8.66. The van der Waals surface area contributed by atoms with Gasteiger partial charge in [-0.2, -0.15) is 0 Å². The Morgan fingerprint density at radius 1 is 1.06 bits per heavy atom. The highest BCUT2D eigenvalue weighted by atomic mass is 35.5. The summed E-state index contributed by atoms with van der Waals surface area (Å²) in [6.45, 7) is 8.16. The largest absolute Gasteiger partial charge is 1.00 e. The molecule has 2 heterocycles.